The third-order valence-corrected chi connectivity index (χ3v) is 6.48. The lowest BCUT2D eigenvalue weighted by Crippen LogP contribution is -2.52. The Kier molecular flexibility index (Phi) is 7.77. The van der Waals surface area contributed by atoms with Gasteiger partial charge in [0.05, 0.1) is 0 Å². The Morgan fingerprint density at radius 2 is 1.73 bits per heavy atom. The fraction of sp³-hybridized carbons (Fsp3) is 0.609. The van der Waals surface area contributed by atoms with Crippen molar-refractivity contribution in [1.82, 2.24) is 24.9 Å². The van der Waals surface area contributed by atoms with Crippen molar-refractivity contribution in [3.63, 3.8) is 0 Å². The molecular formula is C23H35FN8O. The standard InChI is InChI=1S/C23H35FN8O/c1-30-11-13-32(14-12-30)31(2)23-28-21(25-18-7-5-3-4-6-8-18)27-22(29-23)26-19-9-10-20(33)17(15-19)16-24/h9-10,15,18,33H,3-8,11-14,16H2,1-2H3,(H2,25,26,27,28,29). The molecule has 0 spiro atoms. The molecule has 2 aromatic rings. The van der Waals surface area contributed by atoms with Gasteiger partial charge in [0, 0.05) is 50.5 Å². The molecule has 1 aromatic heterocycles. The third-order valence-electron chi connectivity index (χ3n) is 6.48. The topological polar surface area (TPSA) is 92.7 Å². The second-order valence-electron chi connectivity index (χ2n) is 9.00. The van der Waals surface area contributed by atoms with Crippen LogP contribution < -0.4 is 15.6 Å². The lowest BCUT2D eigenvalue weighted by atomic mass is 10.1. The Balaban J connectivity index is 1.59. The number of halogens is 1. The summed E-state index contributed by atoms with van der Waals surface area (Å²) in [5.41, 5.74) is 0.834. The number of piperazine rings is 1. The summed E-state index contributed by atoms with van der Waals surface area (Å²) in [6.45, 7) is 3.00. The van der Waals surface area contributed by atoms with Gasteiger partial charge >= 0.3 is 0 Å². The van der Waals surface area contributed by atoms with Gasteiger partial charge in [-0.15, -0.1) is 0 Å². The number of likely N-dealkylation sites (N-methyl/N-ethyl adjacent to an activating group) is 1. The number of phenolic OH excluding ortho intramolecular Hbond substituents is 1. The quantitative estimate of drug-likeness (QED) is 0.426. The first kappa shape index (κ1) is 23.4. The monoisotopic (exact) mass is 458 g/mol. The van der Waals surface area contributed by atoms with E-state index >= 15 is 0 Å². The molecule has 0 radical (unpaired) electrons. The zero-order valence-corrected chi connectivity index (χ0v) is 19.6. The van der Waals surface area contributed by atoms with E-state index in [4.69, 9.17) is 4.98 Å². The SMILES string of the molecule is CN1CCN(N(C)c2nc(Nc3ccc(O)c(CF)c3)nc(NC3CCCCCC3)n2)CC1. The van der Waals surface area contributed by atoms with E-state index in [0.717, 1.165) is 39.0 Å². The second kappa shape index (κ2) is 10.9. The molecule has 0 amide bonds. The Labute approximate surface area is 195 Å². The van der Waals surface area contributed by atoms with Crippen LogP contribution in [-0.2, 0) is 6.67 Å². The Morgan fingerprint density at radius 1 is 1.03 bits per heavy atom. The highest BCUT2D eigenvalue weighted by Crippen LogP contribution is 2.26. The number of phenols is 1. The first-order valence-electron chi connectivity index (χ1n) is 11.9. The summed E-state index contributed by atoms with van der Waals surface area (Å²) in [5.74, 6) is 1.41. The van der Waals surface area contributed by atoms with Gasteiger partial charge in [-0.2, -0.15) is 15.0 Å². The summed E-state index contributed by atoms with van der Waals surface area (Å²) in [4.78, 5) is 16.3. The number of hydrogen-bond donors (Lipinski definition) is 3. The fourth-order valence-corrected chi connectivity index (χ4v) is 4.36. The van der Waals surface area contributed by atoms with Crippen LogP contribution in [0.1, 0.15) is 44.1 Å². The van der Waals surface area contributed by atoms with Gasteiger partial charge in [0.2, 0.25) is 17.8 Å². The minimum absolute atomic E-state index is 0.0649. The molecule has 0 unspecified atom stereocenters. The van der Waals surface area contributed by atoms with Gasteiger partial charge in [0.25, 0.3) is 0 Å². The van der Waals surface area contributed by atoms with Crippen molar-refractivity contribution >= 4 is 23.5 Å². The molecule has 3 N–H and O–H groups in total. The average molecular weight is 459 g/mol. The summed E-state index contributed by atoms with van der Waals surface area (Å²) in [6, 6.07) is 5.07. The first-order chi connectivity index (χ1) is 16.0. The molecule has 2 fully saturated rings. The van der Waals surface area contributed by atoms with E-state index in [1.165, 1.54) is 31.7 Å². The number of hydrazine groups is 1. The van der Waals surface area contributed by atoms with Gasteiger partial charge in [-0.3, -0.25) is 5.01 Å². The van der Waals surface area contributed by atoms with E-state index in [0.29, 0.717) is 29.6 Å². The normalized spacial score (nSPS) is 18.6. The van der Waals surface area contributed by atoms with Gasteiger partial charge in [-0.25, -0.2) is 9.40 Å². The van der Waals surface area contributed by atoms with Crippen molar-refractivity contribution in [2.45, 2.75) is 51.2 Å². The number of aromatic hydroxyl groups is 1. The van der Waals surface area contributed by atoms with E-state index in [9.17, 15) is 9.50 Å². The lowest BCUT2D eigenvalue weighted by Gasteiger charge is -2.38. The van der Waals surface area contributed by atoms with Gasteiger partial charge in [0.15, 0.2) is 0 Å². The number of hydrogen-bond acceptors (Lipinski definition) is 9. The van der Waals surface area contributed by atoms with Crippen LogP contribution >= 0.6 is 0 Å². The van der Waals surface area contributed by atoms with E-state index in [-0.39, 0.29) is 11.3 Å². The second-order valence-corrected chi connectivity index (χ2v) is 9.00. The summed E-state index contributed by atoms with van der Waals surface area (Å²) in [5, 5.41) is 20.7. The Hall–Kier alpha value is -2.72. The number of rotatable bonds is 7. The number of nitrogens with zero attached hydrogens (tertiary/aromatic N) is 6. The van der Waals surface area contributed by atoms with E-state index in [1.807, 2.05) is 12.1 Å². The minimum Gasteiger partial charge on any atom is -0.508 e. The molecule has 10 heteroatoms. The van der Waals surface area contributed by atoms with Crippen LogP contribution in [0.15, 0.2) is 18.2 Å². The summed E-state index contributed by atoms with van der Waals surface area (Å²) in [6.07, 6.45) is 7.18. The Morgan fingerprint density at radius 3 is 2.42 bits per heavy atom. The zero-order chi connectivity index (χ0) is 23.2. The largest absolute Gasteiger partial charge is 0.508 e. The maximum Gasteiger partial charge on any atom is 0.246 e. The Bertz CT molecular complexity index is 913. The fourth-order valence-electron chi connectivity index (χ4n) is 4.36. The van der Waals surface area contributed by atoms with Crippen LogP contribution in [-0.4, -0.2) is 76.3 Å². The minimum atomic E-state index is -0.746. The number of nitrogens with one attached hydrogen (secondary N) is 2. The zero-order valence-electron chi connectivity index (χ0n) is 19.6. The van der Waals surface area contributed by atoms with E-state index in [2.05, 4.69) is 37.6 Å². The van der Waals surface area contributed by atoms with Crippen LogP contribution in [0.25, 0.3) is 0 Å². The number of benzene rings is 1. The maximum absolute atomic E-state index is 13.2. The van der Waals surface area contributed by atoms with E-state index < -0.39 is 6.67 Å². The molecule has 0 atom stereocenters. The molecule has 9 nitrogen and oxygen atoms in total. The summed E-state index contributed by atoms with van der Waals surface area (Å²) >= 11 is 0. The van der Waals surface area contributed by atoms with E-state index in [1.54, 1.807) is 12.1 Å². The predicted octanol–water partition coefficient (Wildman–Crippen LogP) is 3.52. The summed E-state index contributed by atoms with van der Waals surface area (Å²) < 4.78 is 13.2. The van der Waals surface area contributed by atoms with Crippen LogP contribution in [0.5, 0.6) is 5.75 Å². The molecule has 1 aromatic carbocycles. The smallest absolute Gasteiger partial charge is 0.246 e. The van der Waals surface area contributed by atoms with Crippen molar-refractivity contribution in [3.05, 3.63) is 23.8 Å². The maximum atomic E-state index is 13.2. The third kappa shape index (κ3) is 6.20. The molecule has 0 bridgehead atoms. The number of aromatic nitrogens is 3. The molecule has 1 saturated carbocycles. The molecule has 33 heavy (non-hydrogen) atoms. The van der Waals surface area contributed by atoms with Crippen molar-refractivity contribution in [3.8, 4) is 5.75 Å². The van der Waals surface area contributed by atoms with Crippen molar-refractivity contribution in [2.24, 2.45) is 0 Å². The van der Waals surface area contributed by atoms with Crippen molar-refractivity contribution in [2.75, 3.05) is 55.9 Å². The van der Waals surface area contributed by atoms with Crippen molar-refractivity contribution in [1.29, 1.82) is 0 Å². The molecule has 1 saturated heterocycles. The van der Waals surface area contributed by atoms with Crippen LogP contribution in [0.2, 0.25) is 0 Å². The average Bonchev–Trinajstić information content (AvgIpc) is 3.09. The first-order valence-corrected chi connectivity index (χ1v) is 11.9. The van der Waals surface area contributed by atoms with Crippen LogP contribution in [0.3, 0.4) is 0 Å². The number of anilines is 4. The van der Waals surface area contributed by atoms with Crippen LogP contribution in [0, 0.1) is 0 Å². The number of alkyl halides is 1. The predicted molar refractivity (Wildman–Crippen MR) is 129 cm³/mol. The van der Waals surface area contributed by atoms with Gasteiger partial charge < -0.3 is 20.6 Å². The molecule has 1 aliphatic carbocycles. The molecule has 2 aliphatic rings. The highest BCUT2D eigenvalue weighted by atomic mass is 19.1. The highest BCUT2D eigenvalue weighted by Gasteiger charge is 2.22. The summed E-state index contributed by atoms with van der Waals surface area (Å²) in [7, 11) is 4.10. The molecular weight excluding hydrogens is 423 g/mol. The highest BCUT2D eigenvalue weighted by molar-refractivity contribution is 5.58. The molecule has 4 rings (SSSR count). The lowest BCUT2D eigenvalue weighted by molar-refractivity contribution is 0.146. The van der Waals surface area contributed by atoms with Gasteiger partial charge in [-0.05, 0) is 38.1 Å². The molecule has 2 heterocycles. The van der Waals surface area contributed by atoms with Crippen LogP contribution in [0.4, 0.5) is 27.9 Å². The molecule has 1 aliphatic heterocycles. The van der Waals surface area contributed by atoms with Crippen molar-refractivity contribution < 1.29 is 9.50 Å². The van der Waals surface area contributed by atoms with Gasteiger partial charge in [0.1, 0.15) is 12.4 Å². The molecule has 180 valence electrons. The van der Waals surface area contributed by atoms with Gasteiger partial charge in [-0.1, -0.05) is 25.7 Å².